The molecule has 0 spiro atoms. The van der Waals surface area contributed by atoms with Crippen molar-refractivity contribution in [2.75, 3.05) is 4.90 Å². The molecule has 1 saturated heterocycles. The van der Waals surface area contributed by atoms with E-state index in [-0.39, 0.29) is 16.8 Å². The fourth-order valence-electron chi connectivity index (χ4n) is 2.97. The van der Waals surface area contributed by atoms with Gasteiger partial charge in [0.15, 0.2) is 5.11 Å². The molecule has 1 aliphatic heterocycles. The first-order valence-electron chi connectivity index (χ1n) is 9.03. The van der Waals surface area contributed by atoms with Crippen molar-refractivity contribution in [2.45, 2.75) is 33.8 Å². The van der Waals surface area contributed by atoms with Crippen LogP contribution in [-0.4, -0.2) is 23.0 Å². The lowest BCUT2D eigenvalue weighted by Crippen LogP contribution is -2.54. The highest BCUT2D eigenvalue weighted by molar-refractivity contribution is 7.80. The summed E-state index contributed by atoms with van der Waals surface area (Å²) < 4.78 is 5.80. The molecule has 2 amide bonds. The molecule has 1 aliphatic rings. The lowest BCUT2D eigenvalue weighted by Gasteiger charge is -2.30. The average Bonchev–Trinajstić information content (AvgIpc) is 2.63. The molecule has 5 nitrogen and oxygen atoms in total. The Labute approximate surface area is 170 Å². The Balaban J connectivity index is 2.06. The van der Waals surface area contributed by atoms with Crippen LogP contribution in [0.3, 0.4) is 0 Å². The van der Waals surface area contributed by atoms with Crippen LogP contribution in [0.5, 0.6) is 5.75 Å². The summed E-state index contributed by atoms with van der Waals surface area (Å²) in [4.78, 5) is 27.1. The summed E-state index contributed by atoms with van der Waals surface area (Å²) >= 11 is 5.29. The number of rotatable bonds is 4. The molecule has 0 atom stereocenters. The van der Waals surface area contributed by atoms with Crippen molar-refractivity contribution in [3.05, 3.63) is 64.7 Å². The van der Waals surface area contributed by atoms with Crippen molar-refractivity contribution in [3.8, 4) is 5.75 Å². The van der Waals surface area contributed by atoms with Gasteiger partial charge < -0.3 is 4.74 Å². The number of hydrogen-bond donors (Lipinski definition) is 1. The number of thiocarbonyl (C=S) groups is 1. The Morgan fingerprint density at radius 1 is 1.07 bits per heavy atom. The van der Waals surface area contributed by atoms with Crippen LogP contribution in [0.1, 0.15) is 30.5 Å². The molecule has 3 rings (SSSR count). The fourth-order valence-corrected chi connectivity index (χ4v) is 3.24. The van der Waals surface area contributed by atoms with Crippen molar-refractivity contribution in [3.63, 3.8) is 0 Å². The first kappa shape index (κ1) is 19.8. The van der Waals surface area contributed by atoms with E-state index in [0.717, 1.165) is 11.1 Å². The Kier molecular flexibility index (Phi) is 5.61. The van der Waals surface area contributed by atoms with Crippen molar-refractivity contribution >= 4 is 40.9 Å². The van der Waals surface area contributed by atoms with Gasteiger partial charge in [-0.2, -0.15) is 0 Å². The molecule has 0 saturated carbocycles. The maximum Gasteiger partial charge on any atom is 0.270 e. The van der Waals surface area contributed by atoms with Gasteiger partial charge >= 0.3 is 0 Å². The summed E-state index contributed by atoms with van der Waals surface area (Å²) in [7, 11) is 0. The number of amides is 2. The Bertz CT molecular complexity index is 995. The largest absolute Gasteiger partial charge is 0.490 e. The van der Waals surface area contributed by atoms with Crippen LogP contribution in [0.15, 0.2) is 48.0 Å². The minimum atomic E-state index is -0.518. The van der Waals surface area contributed by atoms with Gasteiger partial charge in [-0.25, -0.2) is 0 Å². The van der Waals surface area contributed by atoms with E-state index >= 15 is 0 Å². The first-order valence-corrected chi connectivity index (χ1v) is 9.43. The number of hydrogen-bond acceptors (Lipinski definition) is 4. The first-order chi connectivity index (χ1) is 13.3. The zero-order valence-electron chi connectivity index (χ0n) is 16.3. The van der Waals surface area contributed by atoms with E-state index in [0.29, 0.717) is 17.0 Å². The third-order valence-electron chi connectivity index (χ3n) is 4.50. The Morgan fingerprint density at radius 2 is 1.79 bits per heavy atom. The molecule has 2 aromatic rings. The van der Waals surface area contributed by atoms with E-state index in [4.69, 9.17) is 17.0 Å². The highest BCUT2D eigenvalue weighted by Crippen LogP contribution is 2.28. The van der Waals surface area contributed by atoms with Gasteiger partial charge in [0.25, 0.3) is 11.8 Å². The van der Waals surface area contributed by atoms with Gasteiger partial charge in [0.1, 0.15) is 11.3 Å². The van der Waals surface area contributed by atoms with Gasteiger partial charge in [-0.1, -0.05) is 30.3 Å². The normalized spacial score (nSPS) is 16.0. The van der Waals surface area contributed by atoms with Gasteiger partial charge in [-0.3, -0.25) is 19.8 Å². The van der Waals surface area contributed by atoms with Crippen LogP contribution in [0, 0.1) is 13.8 Å². The van der Waals surface area contributed by atoms with Crippen LogP contribution >= 0.6 is 12.2 Å². The van der Waals surface area contributed by atoms with Crippen molar-refractivity contribution in [1.82, 2.24) is 5.32 Å². The number of anilines is 1. The van der Waals surface area contributed by atoms with E-state index in [2.05, 4.69) is 5.32 Å². The lowest BCUT2D eigenvalue weighted by atomic mass is 10.0. The average molecular weight is 394 g/mol. The number of carbonyl (C=O) groups is 2. The number of benzene rings is 2. The molecule has 1 N–H and O–H groups in total. The second-order valence-corrected chi connectivity index (χ2v) is 7.27. The second kappa shape index (κ2) is 7.94. The molecule has 0 aromatic heterocycles. The van der Waals surface area contributed by atoms with Gasteiger partial charge in [0.2, 0.25) is 0 Å². The summed E-state index contributed by atoms with van der Waals surface area (Å²) in [5.74, 6) is -0.366. The molecule has 1 fully saturated rings. The molecule has 0 aliphatic carbocycles. The molecular weight excluding hydrogens is 372 g/mol. The molecule has 144 valence electrons. The Morgan fingerprint density at radius 3 is 2.50 bits per heavy atom. The van der Waals surface area contributed by atoms with E-state index in [9.17, 15) is 9.59 Å². The van der Waals surface area contributed by atoms with Crippen molar-refractivity contribution in [1.29, 1.82) is 0 Å². The third kappa shape index (κ3) is 3.82. The topological polar surface area (TPSA) is 58.6 Å². The minimum Gasteiger partial charge on any atom is -0.490 e. The summed E-state index contributed by atoms with van der Waals surface area (Å²) in [5, 5.41) is 2.70. The van der Waals surface area contributed by atoms with Crippen molar-refractivity contribution < 1.29 is 14.3 Å². The summed E-state index contributed by atoms with van der Waals surface area (Å²) in [6.45, 7) is 7.73. The standard InChI is InChI=1S/C22H22N2O3S/c1-13(2)27-19-11-6-5-9-16(19)12-17-20(25)23-22(28)24(21(17)26)18-10-7-8-14(3)15(18)4/h5-13H,1-4H3,(H,23,25,28)/b17-12+. The number of aryl methyl sites for hydroxylation is 1. The van der Waals surface area contributed by atoms with E-state index in [1.165, 1.54) is 4.90 Å². The maximum absolute atomic E-state index is 13.2. The SMILES string of the molecule is Cc1cccc(N2C(=O)/C(=C/c3ccccc3OC(C)C)C(=O)NC2=S)c1C. The predicted octanol–water partition coefficient (Wildman–Crippen LogP) is 3.92. The summed E-state index contributed by atoms with van der Waals surface area (Å²) in [6.07, 6.45) is 1.52. The molecule has 0 radical (unpaired) electrons. The number of carbonyl (C=O) groups excluding carboxylic acids is 2. The van der Waals surface area contributed by atoms with Crippen molar-refractivity contribution in [2.24, 2.45) is 0 Å². The minimum absolute atomic E-state index is 0.00862. The zero-order valence-corrected chi connectivity index (χ0v) is 17.1. The van der Waals surface area contributed by atoms with Crippen LogP contribution in [0.4, 0.5) is 5.69 Å². The zero-order chi connectivity index (χ0) is 20.4. The monoisotopic (exact) mass is 394 g/mol. The summed E-state index contributed by atoms with van der Waals surface area (Å²) in [5.41, 5.74) is 3.29. The number of para-hydroxylation sites is 1. The predicted molar refractivity (Wildman–Crippen MR) is 114 cm³/mol. The van der Waals surface area contributed by atoms with Crippen LogP contribution < -0.4 is 15.0 Å². The molecule has 0 bridgehead atoms. The van der Waals surface area contributed by atoms with Crippen LogP contribution in [0.2, 0.25) is 0 Å². The van der Waals surface area contributed by atoms with Gasteiger partial charge in [-0.05, 0) is 69.2 Å². The quantitative estimate of drug-likeness (QED) is 0.485. The lowest BCUT2D eigenvalue weighted by molar-refractivity contribution is -0.122. The smallest absolute Gasteiger partial charge is 0.270 e. The maximum atomic E-state index is 13.2. The van der Waals surface area contributed by atoms with Gasteiger partial charge in [0.05, 0.1) is 11.8 Å². The molecule has 6 heteroatoms. The number of ether oxygens (including phenoxy) is 1. The van der Waals surface area contributed by atoms with E-state index in [1.54, 1.807) is 12.1 Å². The van der Waals surface area contributed by atoms with Crippen LogP contribution in [0.25, 0.3) is 6.08 Å². The molecule has 0 unspecified atom stereocenters. The molecule has 1 heterocycles. The number of nitrogens with one attached hydrogen (secondary N) is 1. The van der Waals surface area contributed by atoms with E-state index in [1.807, 2.05) is 64.1 Å². The van der Waals surface area contributed by atoms with Gasteiger partial charge in [-0.15, -0.1) is 0 Å². The highest BCUT2D eigenvalue weighted by atomic mass is 32.1. The second-order valence-electron chi connectivity index (χ2n) is 6.88. The molecule has 28 heavy (non-hydrogen) atoms. The van der Waals surface area contributed by atoms with Gasteiger partial charge in [0, 0.05) is 5.56 Å². The highest BCUT2D eigenvalue weighted by Gasteiger charge is 2.35. The third-order valence-corrected chi connectivity index (χ3v) is 4.78. The molecule has 2 aromatic carbocycles. The molecular formula is C22H22N2O3S. The Hall–Kier alpha value is -2.99. The van der Waals surface area contributed by atoms with E-state index < -0.39 is 11.8 Å². The fraction of sp³-hybridized carbons (Fsp3) is 0.227. The number of nitrogens with zero attached hydrogens (tertiary/aromatic N) is 1. The summed E-state index contributed by atoms with van der Waals surface area (Å²) in [6, 6.07) is 12.9. The van der Waals surface area contributed by atoms with Crippen LogP contribution in [-0.2, 0) is 9.59 Å².